The van der Waals surface area contributed by atoms with Crippen LogP contribution in [0.15, 0.2) is 82.4 Å². The molecule has 1 fully saturated rings. The van der Waals surface area contributed by atoms with Gasteiger partial charge in [-0.1, -0.05) is 6.08 Å². The maximum Gasteiger partial charge on any atom is 0.322 e. The first-order valence-electron chi connectivity index (χ1n) is 11.3. The summed E-state index contributed by atoms with van der Waals surface area (Å²) in [5.74, 6) is 0.0921. The van der Waals surface area contributed by atoms with Crippen LogP contribution < -0.4 is 10.6 Å². The molecule has 1 saturated heterocycles. The number of aromatic nitrogens is 2. The van der Waals surface area contributed by atoms with Crippen molar-refractivity contribution in [1.29, 1.82) is 0 Å². The van der Waals surface area contributed by atoms with Crippen molar-refractivity contribution in [2.24, 2.45) is 0 Å². The number of hydrogen-bond donors (Lipinski definition) is 2. The van der Waals surface area contributed by atoms with Gasteiger partial charge in [-0.2, -0.15) is 0 Å². The summed E-state index contributed by atoms with van der Waals surface area (Å²) < 4.78 is 11.3. The van der Waals surface area contributed by atoms with Crippen LogP contribution in [0.5, 0.6) is 0 Å². The Labute approximate surface area is 205 Å². The number of carbonyl (C=O) groups excluding carboxylic acids is 3. The maximum atomic E-state index is 13.3. The third-order valence-electron chi connectivity index (χ3n) is 6.66. The van der Waals surface area contributed by atoms with E-state index in [1.807, 2.05) is 36.4 Å². The number of pyridine rings is 2. The van der Waals surface area contributed by atoms with Crippen molar-refractivity contribution in [3.8, 4) is 11.1 Å². The summed E-state index contributed by atoms with van der Waals surface area (Å²) in [5, 5.41) is 5.66. The fourth-order valence-electron chi connectivity index (χ4n) is 4.79. The molecule has 10 nitrogen and oxygen atoms in total. The van der Waals surface area contributed by atoms with Crippen LogP contribution in [0.4, 0.5) is 4.79 Å². The number of allylic oxidation sites excluding steroid dienone is 2. The van der Waals surface area contributed by atoms with Crippen LogP contribution in [0.25, 0.3) is 22.2 Å². The summed E-state index contributed by atoms with van der Waals surface area (Å²) in [7, 11) is 1.58. The minimum atomic E-state index is -1.59. The third-order valence-corrected chi connectivity index (χ3v) is 6.66. The van der Waals surface area contributed by atoms with Crippen molar-refractivity contribution in [2.75, 3.05) is 20.2 Å². The Hall–Kier alpha value is -4.73. The number of urea groups is 1. The molecule has 36 heavy (non-hydrogen) atoms. The quantitative estimate of drug-likeness (QED) is 0.534. The van der Waals surface area contributed by atoms with Crippen LogP contribution in [0, 0.1) is 0 Å². The highest BCUT2D eigenvalue weighted by atomic mass is 16.5. The van der Waals surface area contributed by atoms with E-state index in [-0.39, 0.29) is 18.2 Å². The van der Waals surface area contributed by atoms with Crippen molar-refractivity contribution >= 4 is 28.9 Å². The summed E-state index contributed by atoms with van der Waals surface area (Å²) in [6.45, 7) is 0.202. The average molecular weight is 483 g/mol. The van der Waals surface area contributed by atoms with Gasteiger partial charge in [0.25, 0.3) is 11.8 Å². The summed E-state index contributed by atoms with van der Waals surface area (Å²) >= 11 is 0. The molecule has 0 spiro atoms. The van der Waals surface area contributed by atoms with Gasteiger partial charge in [0.2, 0.25) is 5.71 Å². The first-order chi connectivity index (χ1) is 17.5. The number of carbonyl (C=O) groups is 3. The lowest BCUT2D eigenvalue weighted by Gasteiger charge is -2.29. The van der Waals surface area contributed by atoms with Crippen molar-refractivity contribution in [2.45, 2.75) is 12.0 Å². The number of amides is 4. The Morgan fingerprint density at radius 1 is 1.14 bits per heavy atom. The van der Waals surface area contributed by atoms with Gasteiger partial charge >= 0.3 is 6.03 Å². The highest BCUT2D eigenvalue weighted by Gasteiger charge is 2.53. The van der Waals surface area contributed by atoms with Gasteiger partial charge in [0.15, 0.2) is 5.54 Å². The normalized spacial score (nSPS) is 21.4. The van der Waals surface area contributed by atoms with E-state index in [0.717, 1.165) is 16.7 Å². The first kappa shape index (κ1) is 21.8. The van der Waals surface area contributed by atoms with Crippen molar-refractivity contribution in [3.63, 3.8) is 0 Å². The van der Waals surface area contributed by atoms with Gasteiger partial charge in [-0.25, -0.2) is 9.78 Å². The zero-order chi connectivity index (χ0) is 24.9. The topological polar surface area (TPSA) is 127 Å². The summed E-state index contributed by atoms with van der Waals surface area (Å²) in [6, 6.07) is 6.66. The van der Waals surface area contributed by atoms with Gasteiger partial charge < -0.3 is 19.4 Å². The van der Waals surface area contributed by atoms with Crippen LogP contribution in [0.1, 0.15) is 12.2 Å². The molecule has 1 aliphatic carbocycles. The maximum absolute atomic E-state index is 13.3. The minimum Gasteiger partial charge on any atom is -0.497 e. The van der Waals surface area contributed by atoms with Crippen LogP contribution in [0.3, 0.4) is 0 Å². The molecule has 3 aliphatic rings. The number of methoxy groups -OCH3 is 1. The molecular weight excluding hydrogens is 462 g/mol. The third kappa shape index (κ3) is 3.46. The van der Waals surface area contributed by atoms with Crippen LogP contribution in [-0.2, 0) is 19.9 Å². The molecule has 1 atom stereocenters. The average Bonchev–Trinajstić information content (AvgIpc) is 3.48. The first-order valence-corrected chi connectivity index (χ1v) is 11.3. The highest BCUT2D eigenvalue weighted by Crippen LogP contribution is 2.35. The van der Waals surface area contributed by atoms with E-state index >= 15 is 0 Å². The number of fused-ring (bicyclic) bond motifs is 1. The molecule has 0 aromatic carbocycles. The molecule has 3 aromatic rings. The number of ether oxygens (including phenoxy) is 1. The Balaban J connectivity index is 1.35. The number of imide groups is 1. The van der Waals surface area contributed by atoms with E-state index in [1.54, 1.807) is 36.7 Å². The second kappa shape index (κ2) is 8.19. The molecule has 5 heterocycles. The number of rotatable bonds is 5. The molecule has 3 aromatic heterocycles. The molecule has 10 heteroatoms. The lowest BCUT2D eigenvalue weighted by Crippen LogP contribution is -2.53. The van der Waals surface area contributed by atoms with Gasteiger partial charge in [-0.05, 0) is 54.0 Å². The molecule has 6 rings (SSSR count). The predicted molar refractivity (Wildman–Crippen MR) is 128 cm³/mol. The minimum absolute atomic E-state index is 0.0951. The largest absolute Gasteiger partial charge is 0.497 e. The van der Waals surface area contributed by atoms with Gasteiger partial charge in [0.1, 0.15) is 11.5 Å². The molecule has 2 N–H and O–H groups in total. The monoisotopic (exact) mass is 483 g/mol. The van der Waals surface area contributed by atoms with Crippen molar-refractivity contribution < 1.29 is 23.5 Å². The second-order valence-corrected chi connectivity index (χ2v) is 8.79. The summed E-state index contributed by atoms with van der Waals surface area (Å²) in [4.78, 5) is 48.7. The molecule has 0 unspecified atom stereocenters. The summed E-state index contributed by atoms with van der Waals surface area (Å²) in [6.07, 6.45) is 11.0. The lowest BCUT2D eigenvalue weighted by atomic mass is 9.95. The van der Waals surface area contributed by atoms with Crippen LogP contribution in [-0.4, -0.2) is 52.9 Å². The predicted octanol–water partition coefficient (Wildman–Crippen LogP) is 2.55. The molecule has 0 saturated carbocycles. The van der Waals surface area contributed by atoms with Crippen molar-refractivity contribution in [1.82, 2.24) is 25.5 Å². The van der Waals surface area contributed by atoms with E-state index in [0.29, 0.717) is 35.4 Å². The zero-order valence-corrected chi connectivity index (χ0v) is 19.3. The van der Waals surface area contributed by atoms with Crippen LogP contribution >= 0.6 is 0 Å². The molecule has 180 valence electrons. The number of furan rings is 1. The second-order valence-electron chi connectivity index (χ2n) is 8.79. The number of hydrogen-bond acceptors (Lipinski definition) is 7. The fraction of sp³-hybridized carbons (Fsp3) is 0.192. The highest BCUT2D eigenvalue weighted by molar-refractivity contribution is 6.08. The lowest BCUT2D eigenvalue weighted by molar-refractivity contribution is -0.130. The molecule has 2 aliphatic heterocycles. The smallest absolute Gasteiger partial charge is 0.322 e. The van der Waals surface area contributed by atoms with E-state index in [2.05, 4.69) is 20.6 Å². The van der Waals surface area contributed by atoms with Gasteiger partial charge in [0.05, 0.1) is 13.7 Å². The van der Waals surface area contributed by atoms with Gasteiger partial charge in [0, 0.05) is 41.7 Å². The standard InChI is InChI=1S/C26H21N5O5/c1-35-19-3-2-16-13-31(23(32)20(16)5-4-19)14-26(24(33)29-25(34)30-26)21-11-17-10-18(12-28-22(17)36-21)15-6-8-27-9-7-15/h2-4,6-12H,5,13-14H2,1H3,(H2,29,30,33,34)/t26-/m0/s1. The fourth-order valence-corrected chi connectivity index (χ4v) is 4.79. The molecular formula is C26H21N5O5. The van der Waals surface area contributed by atoms with E-state index in [4.69, 9.17) is 9.15 Å². The number of nitrogens with zero attached hydrogens (tertiary/aromatic N) is 3. The molecule has 0 bridgehead atoms. The van der Waals surface area contributed by atoms with Crippen molar-refractivity contribution in [3.05, 3.63) is 83.7 Å². The van der Waals surface area contributed by atoms with E-state index < -0.39 is 17.5 Å². The number of nitrogens with one attached hydrogen (secondary N) is 2. The van der Waals surface area contributed by atoms with Gasteiger partial charge in [-0.3, -0.25) is 19.9 Å². The van der Waals surface area contributed by atoms with E-state index in [1.165, 1.54) is 0 Å². The van der Waals surface area contributed by atoms with E-state index in [9.17, 15) is 14.4 Å². The SMILES string of the molecule is COC1=CCC2=C(C=C1)CN(C[C@@]1(c3cc4cc(-c5ccncc5)cnc4o3)NC(=O)NC1=O)C2=O. The Kier molecular flexibility index (Phi) is 4.96. The zero-order valence-electron chi connectivity index (χ0n) is 19.3. The summed E-state index contributed by atoms with van der Waals surface area (Å²) in [5.41, 5.74) is 1.98. The Bertz CT molecular complexity index is 1520. The van der Waals surface area contributed by atoms with Gasteiger partial charge in [-0.15, -0.1) is 0 Å². The molecule has 0 radical (unpaired) electrons. The molecule has 4 amide bonds. The Morgan fingerprint density at radius 2 is 1.97 bits per heavy atom. The Morgan fingerprint density at radius 3 is 2.72 bits per heavy atom. The van der Waals surface area contributed by atoms with Crippen LogP contribution in [0.2, 0.25) is 0 Å².